The molecule has 0 radical (unpaired) electrons. The number of hydrogen-bond donors (Lipinski definition) is 2. The summed E-state index contributed by atoms with van der Waals surface area (Å²) < 4.78 is 16.1. The van der Waals surface area contributed by atoms with Gasteiger partial charge < -0.3 is 24.4 Å². The monoisotopic (exact) mass is 320 g/mol. The molecule has 0 unspecified atom stereocenters. The molecule has 124 valence electrons. The summed E-state index contributed by atoms with van der Waals surface area (Å²) in [5.74, 6) is 1.40. The van der Waals surface area contributed by atoms with Crippen LogP contribution in [0.3, 0.4) is 0 Å². The molecule has 0 saturated heterocycles. The van der Waals surface area contributed by atoms with Crippen LogP contribution >= 0.6 is 0 Å². The van der Waals surface area contributed by atoms with Crippen molar-refractivity contribution < 1.29 is 23.9 Å². The van der Waals surface area contributed by atoms with Gasteiger partial charge in [-0.05, 0) is 32.0 Å². The fraction of sp³-hybridized carbons (Fsp3) is 0.375. The Morgan fingerprint density at radius 1 is 1.35 bits per heavy atom. The molecular weight excluding hydrogens is 300 g/mol. The number of aryl methyl sites for hydroxylation is 2. The van der Waals surface area contributed by atoms with Crippen LogP contribution in [0.1, 0.15) is 27.4 Å². The molecule has 1 aromatic carbocycles. The highest BCUT2D eigenvalue weighted by molar-refractivity contribution is 5.94. The van der Waals surface area contributed by atoms with Crippen molar-refractivity contribution in [1.29, 1.82) is 0 Å². The first-order valence-corrected chi connectivity index (χ1v) is 7.18. The van der Waals surface area contributed by atoms with E-state index in [-0.39, 0.29) is 19.1 Å². The van der Waals surface area contributed by atoms with Crippen molar-refractivity contribution in [3.8, 4) is 11.5 Å². The fourth-order valence-electron chi connectivity index (χ4n) is 2.06. The third-order valence-electron chi connectivity index (χ3n) is 3.38. The Kier molecular flexibility index (Phi) is 5.59. The molecule has 0 spiro atoms. The van der Waals surface area contributed by atoms with Crippen molar-refractivity contribution in [3.63, 3.8) is 0 Å². The molecule has 23 heavy (non-hydrogen) atoms. The highest BCUT2D eigenvalue weighted by Gasteiger charge is 2.14. The summed E-state index contributed by atoms with van der Waals surface area (Å²) >= 11 is 0. The van der Waals surface area contributed by atoms with Gasteiger partial charge in [0.15, 0.2) is 11.5 Å². The second-order valence-electron chi connectivity index (χ2n) is 4.94. The molecule has 2 rings (SSSR count). The molecular formula is C16H20N2O5. The first-order valence-electron chi connectivity index (χ1n) is 7.18. The number of rotatable bonds is 7. The minimum absolute atomic E-state index is 0.110. The average molecular weight is 320 g/mol. The van der Waals surface area contributed by atoms with Gasteiger partial charge in [-0.2, -0.15) is 0 Å². The molecule has 2 aromatic rings. The van der Waals surface area contributed by atoms with Crippen LogP contribution in [-0.4, -0.2) is 36.4 Å². The van der Waals surface area contributed by atoms with Crippen LogP contribution < -0.4 is 14.8 Å². The second-order valence-corrected chi connectivity index (χ2v) is 4.94. The number of aromatic nitrogens is 1. The van der Waals surface area contributed by atoms with Gasteiger partial charge in [0.05, 0.1) is 25.0 Å². The molecule has 0 bridgehead atoms. The molecule has 1 amide bonds. The molecule has 0 saturated carbocycles. The number of amides is 1. The van der Waals surface area contributed by atoms with Crippen molar-refractivity contribution in [2.75, 3.05) is 20.3 Å². The third kappa shape index (κ3) is 4.01. The van der Waals surface area contributed by atoms with Crippen molar-refractivity contribution in [3.05, 3.63) is 40.8 Å². The maximum absolute atomic E-state index is 11.9. The van der Waals surface area contributed by atoms with E-state index in [1.807, 2.05) is 13.8 Å². The highest BCUT2D eigenvalue weighted by atomic mass is 16.5. The van der Waals surface area contributed by atoms with Gasteiger partial charge in [-0.3, -0.25) is 4.79 Å². The molecule has 0 atom stereocenters. The standard InChI is InChI=1S/C16H20N2O5/c1-10-13(11(2)23-18-10)9-22-14-5-4-12(8-15(14)21-3)16(20)17-6-7-19/h4-5,8,19H,6-7,9H2,1-3H3,(H,17,20). The number of nitrogens with zero attached hydrogens (tertiary/aromatic N) is 1. The quantitative estimate of drug-likeness (QED) is 0.805. The van der Waals surface area contributed by atoms with E-state index in [9.17, 15) is 4.79 Å². The van der Waals surface area contributed by atoms with Crippen molar-refractivity contribution in [2.45, 2.75) is 20.5 Å². The number of hydrogen-bond acceptors (Lipinski definition) is 6. The SMILES string of the molecule is COc1cc(C(=O)NCCO)ccc1OCc1c(C)noc1C. The van der Waals surface area contributed by atoms with Gasteiger partial charge in [-0.25, -0.2) is 0 Å². The number of carbonyl (C=O) groups is 1. The molecule has 0 aliphatic carbocycles. The molecule has 2 N–H and O–H groups in total. The smallest absolute Gasteiger partial charge is 0.251 e. The van der Waals surface area contributed by atoms with E-state index in [2.05, 4.69) is 10.5 Å². The maximum atomic E-state index is 11.9. The lowest BCUT2D eigenvalue weighted by molar-refractivity contribution is 0.0944. The summed E-state index contributed by atoms with van der Waals surface area (Å²) in [6, 6.07) is 4.90. The van der Waals surface area contributed by atoms with E-state index in [0.717, 1.165) is 11.3 Å². The van der Waals surface area contributed by atoms with Gasteiger partial charge in [0.1, 0.15) is 12.4 Å². The number of nitrogens with one attached hydrogen (secondary N) is 1. The zero-order chi connectivity index (χ0) is 16.8. The predicted octanol–water partition coefficient (Wildman–Crippen LogP) is 1.60. The minimum atomic E-state index is -0.283. The molecule has 1 aromatic heterocycles. The molecule has 7 nitrogen and oxygen atoms in total. The lowest BCUT2D eigenvalue weighted by Gasteiger charge is -2.12. The summed E-state index contributed by atoms with van der Waals surface area (Å²) in [5, 5.41) is 15.2. The number of ether oxygens (including phenoxy) is 2. The highest BCUT2D eigenvalue weighted by Crippen LogP contribution is 2.29. The van der Waals surface area contributed by atoms with Crippen molar-refractivity contribution in [2.24, 2.45) is 0 Å². The number of methoxy groups -OCH3 is 1. The molecule has 7 heteroatoms. The zero-order valence-corrected chi connectivity index (χ0v) is 13.4. The minimum Gasteiger partial charge on any atom is -0.493 e. The molecule has 0 aliphatic rings. The topological polar surface area (TPSA) is 93.8 Å². The summed E-state index contributed by atoms with van der Waals surface area (Å²) in [5.41, 5.74) is 2.10. The van der Waals surface area contributed by atoms with Gasteiger partial charge in [-0.1, -0.05) is 5.16 Å². The first-order chi connectivity index (χ1) is 11.1. The summed E-state index contributed by atoms with van der Waals surface area (Å²) in [6.45, 7) is 4.06. The Labute approximate surface area is 134 Å². The van der Waals surface area contributed by atoms with E-state index < -0.39 is 0 Å². The third-order valence-corrected chi connectivity index (χ3v) is 3.38. The van der Waals surface area contributed by atoms with E-state index >= 15 is 0 Å². The first kappa shape index (κ1) is 16.8. The van der Waals surface area contributed by atoms with Crippen LogP contribution in [-0.2, 0) is 6.61 Å². The van der Waals surface area contributed by atoms with E-state index in [1.165, 1.54) is 7.11 Å². The molecule has 1 heterocycles. The van der Waals surface area contributed by atoms with Crippen LogP contribution in [0, 0.1) is 13.8 Å². The Morgan fingerprint density at radius 3 is 2.74 bits per heavy atom. The summed E-state index contributed by atoms with van der Waals surface area (Å²) in [7, 11) is 1.51. The number of aliphatic hydroxyl groups is 1. The lowest BCUT2D eigenvalue weighted by Crippen LogP contribution is -2.26. The lowest BCUT2D eigenvalue weighted by atomic mass is 10.2. The van der Waals surface area contributed by atoms with Gasteiger partial charge in [0, 0.05) is 12.1 Å². The van der Waals surface area contributed by atoms with Crippen molar-refractivity contribution in [1.82, 2.24) is 10.5 Å². The van der Waals surface area contributed by atoms with Crippen LogP contribution in [0.4, 0.5) is 0 Å². The Hall–Kier alpha value is -2.54. The van der Waals surface area contributed by atoms with Gasteiger partial charge in [0.25, 0.3) is 5.91 Å². The summed E-state index contributed by atoms with van der Waals surface area (Å²) in [6.07, 6.45) is 0. The Bertz CT molecular complexity index is 662. The number of benzene rings is 1. The normalized spacial score (nSPS) is 10.4. The van der Waals surface area contributed by atoms with E-state index in [4.69, 9.17) is 19.1 Å². The van der Waals surface area contributed by atoms with Crippen LogP contribution in [0.2, 0.25) is 0 Å². The summed E-state index contributed by atoms with van der Waals surface area (Å²) in [4.78, 5) is 11.9. The average Bonchev–Trinajstić information content (AvgIpc) is 2.88. The van der Waals surface area contributed by atoms with Gasteiger partial charge >= 0.3 is 0 Å². The van der Waals surface area contributed by atoms with Crippen LogP contribution in [0.5, 0.6) is 11.5 Å². The molecule has 0 fully saturated rings. The number of carbonyl (C=O) groups excluding carboxylic acids is 1. The van der Waals surface area contributed by atoms with Crippen LogP contribution in [0.25, 0.3) is 0 Å². The van der Waals surface area contributed by atoms with Crippen molar-refractivity contribution >= 4 is 5.91 Å². The zero-order valence-electron chi connectivity index (χ0n) is 13.4. The Morgan fingerprint density at radius 2 is 2.13 bits per heavy atom. The molecule has 0 aliphatic heterocycles. The van der Waals surface area contributed by atoms with Crippen LogP contribution in [0.15, 0.2) is 22.7 Å². The largest absolute Gasteiger partial charge is 0.493 e. The predicted molar refractivity (Wildman–Crippen MR) is 82.7 cm³/mol. The van der Waals surface area contributed by atoms with E-state index in [1.54, 1.807) is 18.2 Å². The van der Waals surface area contributed by atoms with Gasteiger partial charge in [-0.15, -0.1) is 0 Å². The van der Waals surface area contributed by atoms with E-state index in [0.29, 0.717) is 29.4 Å². The fourth-order valence-corrected chi connectivity index (χ4v) is 2.06. The number of aliphatic hydroxyl groups excluding tert-OH is 1. The second kappa shape index (κ2) is 7.64. The Balaban J connectivity index is 2.12. The van der Waals surface area contributed by atoms with Gasteiger partial charge in [0.2, 0.25) is 0 Å². The maximum Gasteiger partial charge on any atom is 0.251 e.